The molecule has 0 spiro atoms. The fourth-order valence-corrected chi connectivity index (χ4v) is 10.4. The minimum atomic E-state index is -0.743. The Hall–Kier alpha value is -1.60. The molecular formula is C39H52O3P2. The maximum atomic E-state index is 7.18. The van der Waals surface area contributed by atoms with Gasteiger partial charge in [0.2, 0.25) is 0 Å². The van der Waals surface area contributed by atoms with Gasteiger partial charge >= 0.3 is 0 Å². The first-order valence-corrected chi connectivity index (χ1v) is 17.3. The fourth-order valence-electron chi connectivity index (χ4n) is 9.47. The third-order valence-electron chi connectivity index (χ3n) is 11.7. The second-order valence-corrected chi connectivity index (χ2v) is 18.2. The van der Waals surface area contributed by atoms with E-state index < -0.39 is 27.9 Å². The van der Waals surface area contributed by atoms with Crippen molar-refractivity contribution in [3.05, 3.63) is 83.9 Å². The van der Waals surface area contributed by atoms with Gasteiger partial charge in [-0.3, -0.25) is 0 Å². The van der Waals surface area contributed by atoms with Crippen LogP contribution >= 0.6 is 18.5 Å². The lowest BCUT2D eigenvalue weighted by molar-refractivity contribution is -0.542. The third-order valence-corrected chi connectivity index (χ3v) is 15.2. The Morgan fingerprint density at radius 1 is 0.705 bits per heavy atom. The third kappa shape index (κ3) is 4.19. The van der Waals surface area contributed by atoms with E-state index in [4.69, 9.17) is 14.2 Å². The van der Waals surface area contributed by atoms with Crippen LogP contribution in [0.15, 0.2) is 72.8 Å². The standard InChI is InChI=1S/C39H52O3P2/c1-25-36(10)39(44,34(8)24-35(9,41-36)42-37(25,11)40-34)31-23-29(27-20-16-13-17-21-27)28(26-18-14-12-15-19-26)22-30(31)38(43,32(2,3)4)33(5,6)7/h12-23,25H,24,43-44H2,1-11H3. The first kappa shape index (κ1) is 32.3. The Labute approximate surface area is 270 Å². The molecule has 0 saturated carbocycles. The van der Waals surface area contributed by atoms with Crippen molar-refractivity contribution in [2.75, 3.05) is 0 Å². The number of hydrogen-bond acceptors (Lipinski definition) is 3. The Morgan fingerprint density at radius 3 is 1.66 bits per heavy atom. The molecule has 236 valence electrons. The number of ether oxygens (including phenoxy) is 3. The summed E-state index contributed by atoms with van der Waals surface area (Å²) in [5, 5.41) is -0.902. The van der Waals surface area contributed by atoms with Gasteiger partial charge in [0.25, 0.3) is 0 Å². The molecule has 44 heavy (non-hydrogen) atoms. The topological polar surface area (TPSA) is 27.7 Å². The minimum Gasteiger partial charge on any atom is -0.342 e. The van der Waals surface area contributed by atoms with E-state index in [0.29, 0.717) is 6.42 Å². The number of hydrogen-bond donors (Lipinski definition) is 0. The van der Waals surface area contributed by atoms with E-state index in [1.807, 2.05) is 0 Å². The molecule has 3 aromatic rings. The smallest absolute Gasteiger partial charge is 0.175 e. The van der Waals surface area contributed by atoms with Crippen LogP contribution in [-0.2, 0) is 24.5 Å². The summed E-state index contributed by atoms with van der Waals surface area (Å²) in [4.78, 5) is 0. The molecule has 0 aromatic heterocycles. The second-order valence-electron chi connectivity index (χ2n) is 16.5. The first-order valence-electron chi connectivity index (χ1n) is 16.1. The SMILES string of the molecule is CC1C2(C)OC3(C)CC(C)(O2)C(P)(c2cc(-c4ccccc4)c(-c4ccccc4)cc2C(P)(C(C)(C)C)C(C)(C)C)C1(C)O3. The summed E-state index contributed by atoms with van der Waals surface area (Å²) in [5.74, 6) is -1.49. The zero-order chi connectivity index (χ0) is 32.4. The second kappa shape index (κ2) is 9.71. The molecule has 7 rings (SSSR count). The highest BCUT2D eigenvalue weighted by Gasteiger charge is 2.80. The molecular weight excluding hydrogens is 578 g/mol. The average molecular weight is 631 g/mol. The molecule has 8 atom stereocenters. The van der Waals surface area contributed by atoms with Gasteiger partial charge in [-0.25, -0.2) is 0 Å². The van der Waals surface area contributed by atoms with Crippen LogP contribution in [0, 0.1) is 16.7 Å². The highest BCUT2D eigenvalue weighted by Crippen LogP contribution is 2.74. The van der Waals surface area contributed by atoms with E-state index in [0.717, 1.165) is 0 Å². The van der Waals surface area contributed by atoms with Gasteiger partial charge in [-0.15, -0.1) is 18.5 Å². The highest BCUT2D eigenvalue weighted by molar-refractivity contribution is 7.19. The molecule has 4 aliphatic rings. The van der Waals surface area contributed by atoms with Crippen molar-refractivity contribution < 1.29 is 14.2 Å². The Balaban J connectivity index is 1.79. The Morgan fingerprint density at radius 2 is 1.18 bits per heavy atom. The summed E-state index contributed by atoms with van der Waals surface area (Å²) in [6, 6.07) is 26.7. The summed E-state index contributed by atoms with van der Waals surface area (Å²) in [7, 11) is 6.75. The maximum absolute atomic E-state index is 7.18. The molecule has 4 aliphatic heterocycles. The molecule has 4 saturated heterocycles. The number of rotatable bonds is 4. The maximum Gasteiger partial charge on any atom is 0.175 e. The number of benzene rings is 3. The van der Waals surface area contributed by atoms with Gasteiger partial charge in [0.1, 0.15) is 0 Å². The molecule has 4 bridgehead atoms. The van der Waals surface area contributed by atoms with E-state index in [9.17, 15) is 0 Å². The molecule has 0 N–H and O–H groups in total. The largest absolute Gasteiger partial charge is 0.342 e. The molecule has 4 fully saturated rings. The van der Waals surface area contributed by atoms with Crippen molar-refractivity contribution in [3.63, 3.8) is 0 Å². The van der Waals surface area contributed by atoms with Crippen molar-refractivity contribution in [3.8, 4) is 22.3 Å². The van der Waals surface area contributed by atoms with Gasteiger partial charge in [-0.2, -0.15) is 0 Å². The summed E-state index contributed by atoms with van der Waals surface area (Å²) >= 11 is 0. The zero-order valence-electron chi connectivity index (χ0n) is 28.6. The Kier molecular flexibility index (Phi) is 7.14. The summed E-state index contributed by atoms with van der Waals surface area (Å²) in [6.07, 6.45) is 0.636. The van der Waals surface area contributed by atoms with Gasteiger partial charge < -0.3 is 14.2 Å². The van der Waals surface area contributed by atoms with Crippen LogP contribution in [0.25, 0.3) is 22.3 Å². The molecule has 0 amide bonds. The Bertz CT molecular complexity index is 1580. The predicted molar refractivity (Wildman–Crippen MR) is 190 cm³/mol. The van der Waals surface area contributed by atoms with Crippen molar-refractivity contribution in [2.45, 2.75) is 116 Å². The monoisotopic (exact) mass is 630 g/mol. The highest BCUT2D eigenvalue weighted by atomic mass is 31.0. The van der Waals surface area contributed by atoms with E-state index >= 15 is 0 Å². The van der Waals surface area contributed by atoms with Crippen LogP contribution in [0.2, 0.25) is 0 Å². The first-order chi connectivity index (χ1) is 20.2. The molecule has 3 aromatic carbocycles. The normalized spacial score (nSPS) is 35.2. The summed E-state index contributed by atoms with van der Waals surface area (Å²) in [6.45, 7) is 25.3. The van der Waals surface area contributed by atoms with Gasteiger partial charge in [0, 0.05) is 17.5 Å². The van der Waals surface area contributed by atoms with Gasteiger partial charge in [0.05, 0.1) is 16.4 Å². The zero-order valence-corrected chi connectivity index (χ0v) is 30.9. The van der Waals surface area contributed by atoms with E-state index in [2.05, 4.69) is 167 Å². The molecule has 3 nitrogen and oxygen atoms in total. The minimum absolute atomic E-state index is 0.0287. The predicted octanol–water partition coefficient (Wildman–Crippen LogP) is 10.3. The summed E-state index contributed by atoms with van der Waals surface area (Å²) < 4.78 is 20.9. The van der Waals surface area contributed by atoms with E-state index in [1.54, 1.807) is 0 Å². The van der Waals surface area contributed by atoms with Gasteiger partial charge in [-0.1, -0.05) is 109 Å². The van der Waals surface area contributed by atoms with E-state index in [1.165, 1.54) is 33.4 Å². The molecule has 0 radical (unpaired) electrons. The molecule has 0 aliphatic carbocycles. The van der Waals surface area contributed by atoms with Crippen molar-refractivity contribution in [1.82, 2.24) is 0 Å². The van der Waals surface area contributed by atoms with Crippen LogP contribution < -0.4 is 0 Å². The van der Waals surface area contributed by atoms with Crippen molar-refractivity contribution in [2.24, 2.45) is 16.7 Å². The van der Waals surface area contributed by atoms with Crippen LogP contribution in [0.1, 0.15) is 93.7 Å². The average Bonchev–Trinajstić information content (AvgIpc) is 2.92. The van der Waals surface area contributed by atoms with Crippen LogP contribution in [0.4, 0.5) is 0 Å². The van der Waals surface area contributed by atoms with Gasteiger partial charge in [0.15, 0.2) is 11.6 Å². The van der Waals surface area contributed by atoms with Crippen LogP contribution in [-0.4, -0.2) is 22.8 Å². The quantitative estimate of drug-likeness (QED) is 0.269. The lowest BCUT2D eigenvalue weighted by Gasteiger charge is -2.76. The molecule has 4 heterocycles. The fraction of sp³-hybridized carbons (Fsp3) is 0.538. The van der Waals surface area contributed by atoms with E-state index in [-0.39, 0.29) is 21.9 Å². The lowest BCUT2D eigenvalue weighted by atomic mass is 9.54. The van der Waals surface area contributed by atoms with Crippen LogP contribution in [0.3, 0.4) is 0 Å². The molecule has 5 heteroatoms. The lowest BCUT2D eigenvalue weighted by Crippen LogP contribution is -2.85. The summed E-state index contributed by atoms with van der Waals surface area (Å²) in [5.41, 5.74) is 6.08. The van der Waals surface area contributed by atoms with Gasteiger partial charge in [-0.05, 0) is 84.0 Å². The van der Waals surface area contributed by atoms with Crippen LogP contribution in [0.5, 0.6) is 0 Å². The molecule has 8 unspecified atom stereocenters. The van der Waals surface area contributed by atoms with Crippen molar-refractivity contribution >= 4 is 18.5 Å². The van der Waals surface area contributed by atoms with Crippen molar-refractivity contribution in [1.29, 1.82) is 0 Å².